The van der Waals surface area contributed by atoms with E-state index in [0.717, 1.165) is 10.9 Å². The molecule has 9 N–H and O–H groups in total. The fourth-order valence-electron chi connectivity index (χ4n) is 3.85. The molecular weight excluding hydrogens is 494 g/mol. The molecule has 0 fully saturated rings. The number of nitrogens with one attached hydrogen (secondary N) is 4. The lowest BCUT2D eigenvalue weighted by Gasteiger charge is -2.25. The number of H-pyrrole nitrogens is 1. The third-order valence-electron chi connectivity index (χ3n) is 5.98. The van der Waals surface area contributed by atoms with Gasteiger partial charge >= 0.3 is 5.97 Å². The van der Waals surface area contributed by atoms with Crippen molar-refractivity contribution in [3.63, 3.8) is 0 Å². The van der Waals surface area contributed by atoms with Crippen molar-refractivity contribution in [3.8, 4) is 5.75 Å². The van der Waals surface area contributed by atoms with Crippen LogP contribution in [-0.2, 0) is 32.0 Å². The number of amides is 3. The van der Waals surface area contributed by atoms with Gasteiger partial charge in [0.1, 0.15) is 30.4 Å². The van der Waals surface area contributed by atoms with Crippen molar-refractivity contribution in [2.45, 2.75) is 44.0 Å². The Morgan fingerprint density at radius 3 is 2.21 bits per heavy atom. The van der Waals surface area contributed by atoms with E-state index < -0.39 is 54.5 Å². The van der Waals surface area contributed by atoms with Gasteiger partial charge in [-0.15, -0.1) is 0 Å². The van der Waals surface area contributed by atoms with E-state index in [4.69, 9.17) is 10.8 Å². The Bertz CT molecular complexity index is 1290. The summed E-state index contributed by atoms with van der Waals surface area (Å²) >= 11 is 0. The summed E-state index contributed by atoms with van der Waals surface area (Å²) in [7, 11) is 0. The molecule has 0 aliphatic heterocycles. The Balaban J connectivity index is 1.86. The number of aliphatic hydroxyl groups is 1. The summed E-state index contributed by atoms with van der Waals surface area (Å²) in [5.41, 5.74) is 7.86. The molecule has 12 nitrogen and oxygen atoms in total. The molecule has 0 spiro atoms. The minimum absolute atomic E-state index is 0.0130. The highest BCUT2D eigenvalue weighted by molar-refractivity contribution is 5.94. The topological polar surface area (TPSA) is 207 Å². The molecule has 3 rings (SSSR count). The highest BCUT2D eigenvalue weighted by Crippen LogP contribution is 2.19. The number of para-hydroxylation sites is 1. The van der Waals surface area contributed by atoms with E-state index in [2.05, 4.69) is 20.9 Å². The summed E-state index contributed by atoms with van der Waals surface area (Å²) in [6.45, 7) is 0.694. The predicted octanol–water partition coefficient (Wildman–Crippen LogP) is -0.463. The van der Waals surface area contributed by atoms with Gasteiger partial charge in [-0.3, -0.25) is 19.2 Å². The molecule has 4 unspecified atom stereocenters. The number of aromatic nitrogens is 1. The van der Waals surface area contributed by atoms with Gasteiger partial charge in [-0.1, -0.05) is 30.3 Å². The van der Waals surface area contributed by atoms with Crippen molar-refractivity contribution in [3.05, 3.63) is 65.9 Å². The fourth-order valence-corrected chi connectivity index (χ4v) is 3.85. The maximum absolute atomic E-state index is 13.4. The molecule has 38 heavy (non-hydrogen) atoms. The van der Waals surface area contributed by atoms with E-state index in [9.17, 15) is 29.4 Å². The molecule has 0 radical (unpaired) electrons. The molecule has 0 saturated carbocycles. The average Bonchev–Trinajstić information content (AvgIpc) is 3.29. The predicted molar refractivity (Wildman–Crippen MR) is 138 cm³/mol. The first-order chi connectivity index (χ1) is 18.0. The van der Waals surface area contributed by atoms with E-state index in [0.29, 0.717) is 11.1 Å². The van der Waals surface area contributed by atoms with Gasteiger partial charge in [0.15, 0.2) is 0 Å². The summed E-state index contributed by atoms with van der Waals surface area (Å²) in [5.74, 6) is -3.45. The number of carboxylic acid groups (broad SMARTS) is 1. The van der Waals surface area contributed by atoms with Crippen molar-refractivity contribution >= 4 is 34.6 Å². The van der Waals surface area contributed by atoms with Crippen LogP contribution in [0.15, 0.2) is 54.7 Å². The maximum Gasteiger partial charge on any atom is 0.322 e. The normalized spacial score (nSPS) is 14.2. The van der Waals surface area contributed by atoms with E-state index in [1.165, 1.54) is 19.1 Å². The van der Waals surface area contributed by atoms with Gasteiger partial charge in [0, 0.05) is 29.9 Å². The third kappa shape index (κ3) is 7.54. The van der Waals surface area contributed by atoms with Gasteiger partial charge in [-0.25, -0.2) is 0 Å². The number of rotatable bonds is 12. The Kier molecular flexibility index (Phi) is 9.41. The van der Waals surface area contributed by atoms with Gasteiger partial charge in [0.25, 0.3) is 0 Å². The zero-order chi connectivity index (χ0) is 27.8. The molecule has 0 aliphatic rings. The van der Waals surface area contributed by atoms with Crippen LogP contribution < -0.4 is 21.7 Å². The number of phenols is 1. The molecule has 1 aromatic heterocycles. The molecular formula is C26H31N5O7. The second kappa shape index (κ2) is 12.7. The molecule has 3 amide bonds. The highest BCUT2D eigenvalue weighted by Gasteiger charge is 2.30. The summed E-state index contributed by atoms with van der Waals surface area (Å²) < 4.78 is 0. The van der Waals surface area contributed by atoms with Crippen molar-refractivity contribution < 1.29 is 34.5 Å². The lowest BCUT2D eigenvalue weighted by atomic mass is 10.0. The molecule has 12 heteroatoms. The van der Waals surface area contributed by atoms with Gasteiger partial charge in [0.2, 0.25) is 17.7 Å². The number of phenolic OH excluding ortho intramolecular Hbond substituents is 1. The van der Waals surface area contributed by atoms with Gasteiger partial charge < -0.3 is 42.0 Å². The van der Waals surface area contributed by atoms with Crippen molar-refractivity contribution in [2.24, 2.45) is 5.73 Å². The molecule has 202 valence electrons. The minimum Gasteiger partial charge on any atom is -0.508 e. The molecule has 0 saturated heterocycles. The second-order valence-electron chi connectivity index (χ2n) is 8.93. The van der Waals surface area contributed by atoms with Gasteiger partial charge in [-0.2, -0.15) is 0 Å². The molecule has 3 aromatic rings. The highest BCUT2D eigenvalue weighted by atomic mass is 16.4. The van der Waals surface area contributed by atoms with E-state index in [1.54, 1.807) is 18.3 Å². The van der Waals surface area contributed by atoms with Crippen molar-refractivity contribution in [2.75, 3.05) is 6.54 Å². The number of hydrogen-bond donors (Lipinski definition) is 8. The number of hydrogen-bond acceptors (Lipinski definition) is 7. The van der Waals surface area contributed by atoms with Gasteiger partial charge in [-0.05, 0) is 36.2 Å². The first kappa shape index (κ1) is 28.2. The van der Waals surface area contributed by atoms with Crippen molar-refractivity contribution in [1.82, 2.24) is 20.9 Å². The van der Waals surface area contributed by atoms with Crippen LogP contribution in [-0.4, -0.2) is 74.8 Å². The van der Waals surface area contributed by atoms with Crippen LogP contribution in [0.25, 0.3) is 10.9 Å². The zero-order valence-electron chi connectivity index (χ0n) is 20.7. The monoisotopic (exact) mass is 525 g/mol. The molecule has 0 aliphatic carbocycles. The summed E-state index contributed by atoms with van der Waals surface area (Å²) in [6.07, 6.45) is 0.546. The number of fused-ring (bicyclic) bond motifs is 1. The van der Waals surface area contributed by atoms with Crippen LogP contribution in [0.5, 0.6) is 5.75 Å². The number of carboxylic acids is 1. The van der Waals surface area contributed by atoms with E-state index in [-0.39, 0.29) is 18.6 Å². The van der Waals surface area contributed by atoms with Crippen LogP contribution >= 0.6 is 0 Å². The summed E-state index contributed by atoms with van der Waals surface area (Å²) in [4.78, 5) is 53.0. The number of benzene rings is 2. The average molecular weight is 526 g/mol. The lowest BCUT2D eigenvalue weighted by Crippen LogP contribution is -2.58. The van der Waals surface area contributed by atoms with E-state index in [1.807, 2.05) is 24.3 Å². The molecule has 1 heterocycles. The quantitative estimate of drug-likeness (QED) is 0.155. The Morgan fingerprint density at radius 2 is 1.55 bits per heavy atom. The lowest BCUT2D eigenvalue weighted by molar-refractivity contribution is -0.138. The first-order valence-corrected chi connectivity index (χ1v) is 11.9. The largest absolute Gasteiger partial charge is 0.508 e. The third-order valence-corrected chi connectivity index (χ3v) is 5.98. The van der Waals surface area contributed by atoms with Crippen LogP contribution in [0, 0.1) is 0 Å². The standard InChI is InChI=1S/C26H31N5O7/c1-14(32)23(27)26(38)31-20(10-15-6-8-17(33)9-7-15)25(37)30-21(24(36)29-13-22(34)35)11-16-12-28-19-5-3-2-4-18(16)19/h2-9,12,14,20-21,23,28,32-33H,10-11,13,27H2,1H3,(H,29,36)(H,30,37)(H,31,38)(H,34,35). The number of aromatic hydroxyl groups is 1. The maximum atomic E-state index is 13.4. The van der Waals surface area contributed by atoms with Gasteiger partial charge in [0.05, 0.1) is 6.10 Å². The number of carbonyl (C=O) groups is 4. The molecule has 0 bridgehead atoms. The minimum atomic E-state index is -1.30. The molecule has 4 atom stereocenters. The van der Waals surface area contributed by atoms with Crippen LogP contribution in [0.1, 0.15) is 18.1 Å². The Hall–Kier alpha value is -4.42. The summed E-state index contributed by atoms with van der Waals surface area (Å²) in [6, 6.07) is 9.68. The fraction of sp³-hybridized carbons (Fsp3) is 0.308. The first-order valence-electron chi connectivity index (χ1n) is 11.9. The number of carbonyl (C=O) groups excluding carboxylic acids is 3. The van der Waals surface area contributed by atoms with Crippen LogP contribution in [0.3, 0.4) is 0 Å². The summed E-state index contributed by atoms with van der Waals surface area (Å²) in [5, 5.41) is 36.5. The number of aromatic amines is 1. The number of aliphatic hydroxyl groups excluding tert-OH is 1. The molecule has 2 aromatic carbocycles. The zero-order valence-corrected chi connectivity index (χ0v) is 20.7. The number of aliphatic carboxylic acids is 1. The Labute approximate surface area is 218 Å². The Morgan fingerprint density at radius 1 is 0.921 bits per heavy atom. The van der Waals surface area contributed by atoms with Crippen LogP contribution in [0.4, 0.5) is 0 Å². The SMILES string of the molecule is CC(O)C(N)C(=O)NC(Cc1ccc(O)cc1)C(=O)NC(Cc1c[nH]c2ccccc12)C(=O)NCC(=O)O. The second-order valence-corrected chi connectivity index (χ2v) is 8.93. The van der Waals surface area contributed by atoms with E-state index >= 15 is 0 Å². The smallest absolute Gasteiger partial charge is 0.322 e. The van der Waals surface area contributed by atoms with Crippen LogP contribution in [0.2, 0.25) is 0 Å². The van der Waals surface area contributed by atoms with Crippen molar-refractivity contribution in [1.29, 1.82) is 0 Å². The number of nitrogens with two attached hydrogens (primary N) is 1.